The second-order valence-corrected chi connectivity index (χ2v) is 8.06. The average Bonchev–Trinajstić information content (AvgIpc) is 2.55. The fourth-order valence-electron chi connectivity index (χ4n) is 3.55. The van der Waals surface area contributed by atoms with Gasteiger partial charge < -0.3 is 15.1 Å². The number of likely N-dealkylation sites (tertiary alicyclic amines) is 1. The van der Waals surface area contributed by atoms with Gasteiger partial charge >= 0.3 is 5.97 Å². The monoisotopic (exact) mass is 347 g/mol. The van der Waals surface area contributed by atoms with E-state index in [2.05, 4.69) is 20.8 Å². The molecule has 0 spiro atoms. The Morgan fingerprint density at radius 2 is 1.84 bits per heavy atom. The molecule has 5 heteroatoms. The van der Waals surface area contributed by atoms with Gasteiger partial charge in [-0.15, -0.1) is 0 Å². The number of carboxylic acids is 1. The number of hydrogen-bond donors (Lipinski definition) is 2. The number of nitrogens with zero attached hydrogens (tertiary/aromatic N) is 1. The first kappa shape index (κ1) is 19.4. The summed E-state index contributed by atoms with van der Waals surface area (Å²) in [6, 6.07) is 7.51. The minimum absolute atomic E-state index is 0.0180. The number of rotatable bonds is 4. The first-order chi connectivity index (χ1) is 11.6. The van der Waals surface area contributed by atoms with Crippen LogP contribution in [0.5, 0.6) is 0 Å². The van der Waals surface area contributed by atoms with Gasteiger partial charge in [-0.1, -0.05) is 46.2 Å². The quantitative estimate of drug-likeness (QED) is 0.877. The second-order valence-electron chi connectivity index (χ2n) is 8.06. The van der Waals surface area contributed by atoms with Gasteiger partial charge in [-0.3, -0.25) is 9.59 Å². The second kappa shape index (κ2) is 7.16. The lowest BCUT2D eigenvalue weighted by Gasteiger charge is -2.42. The maximum Gasteiger partial charge on any atom is 0.312 e. The van der Waals surface area contributed by atoms with E-state index in [-0.39, 0.29) is 24.3 Å². The molecule has 2 rings (SSSR count). The van der Waals surface area contributed by atoms with Crippen molar-refractivity contribution in [3.63, 3.8) is 0 Å². The zero-order chi connectivity index (χ0) is 18.8. The molecule has 0 bridgehead atoms. The van der Waals surface area contributed by atoms with Gasteiger partial charge in [0.2, 0.25) is 0 Å². The standard InChI is InChI=1S/C20H29NO4/c1-5-10-20(18(24)25)11-12-21(13-16(20)22)17(23)14-6-8-15(9-7-14)19(2,3)4/h6-9,16,22H,5,10-13H2,1-4H3,(H,24,25)/t16-,20-/m0/s1. The van der Waals surface area contributed by atoms with Crippen molar-refractivity contribution in [2.75, 3.05) is 13.1 Å². The van der Waals surface area contributed by atoms with Gasteiger partial charge in [0.05, 0.1) is 11.5 Å². The smallest absolute Gasteiger partial charge is 0.312 e. The zero-order valence-electron chi connectivity index (χ0n) is 15.6. The summed E-state index contributed by atoms with van der Waals surface area (Å²) in [4.78, 5) is 26.0. The molecule has 1 aromatic carbocycles. The largest absolute Gasteiger partial charge is 0.481 e. The summed E-state index contributed by atoms with van der Waals surface area (Å²) in [6.45, 7) is 8.67. The van der Waals surface area contributed by atoms with Gasteiger partial charge in [-0.05, 0) is 36.0 Å². The zero-order valence-corrected chi connectivity index (χ0v) is 15.6. The lowest BCUT2D eigenvalue weighted by atomic mass is 9.72. The lowest BCUT2D eigenvalue weighted by Crippen LogP contribution is -2.56. The van der Waals surface area contributed by atoms with Gasteiger partial charge in [0.25, 0.3) is 5.91 Å². The van der Waals surface area contributed by atoms with Gasteiger partial charge in [-0.2, -0.15) is 0 Å². The van der Waals surface area contributed by atoms with Crippen molar-refractivity contribution < 1.29 is 19.8 Å². The fraction of sp³-hybridized carbons (Fsp3) is 0.600. The molecule has 0 saturated carbocycles. The van der Waals surface area contributed by atoms with Crippen LogP contribution >= 0.6 is 0 Å². The topological polar surface area (TPSA) is 77.8 Å². The first-order valence-corrected chi connectivity index (χ1v) is 8.93. The molecule has 25 heavy (non-hydrogen) atoms. The highest BCUT2D eigenvalue weighted by Gasteiger charge is 2.48. The summed E-state index contributed by atoms with van der Waals surface area (Å²) in [5.41, 5.74) is 0.597. The Kier molecular flexibility index (Phi) is 5.57. The van der Waals surface area contributed by atoms with Crippen LogP contribution in [-0.4, -0.2) is 46.2 Å². The summed E-state index contributed by atoms with van der Waals surface area (Å²) in [7, 11) is 0. The Bertz CT molecular complexity index is 632. The molecule has 138 valence electrons. The highest BCUT2D eigenvalue weighted by molar-refractivity contribution is 5.94. The van der Waals surface area contributed by atoms with Crippen molar-refractivity contribution in [3.05, 3.63) is 35.4 Å². The highest BCUT2D eigenvalue weighted by atomic mass is 16.4. The van der Waals surface area contributed by atoms with Crippen LogP contribution in [0.2, 0.25) is 0 Å². The molecular formula is C20H29NO4. The van der Waals surface area contributed by atoms with Crippen LogP contribution in [-0.2, 0) is 10.2 Å². The number of piperidine rings is 1. The number of aliphatic carboxylic acids is 1. The third kappa shape index (κ3) is 3.87. The SMILES string of the molecule is CCC[C@]1(C(=O)O)CCN(C(=O)c2ccc(C(C)(C)C)cc2)C[C@@H]1O. The van der Waals surface area contributed by atoms with Crippen molar-refractivity contribution >= 4 is 11.9 Å². The molecule has 0 unspecified atom stereocenters. The number of carboxylic acid groups (broad SMARTS) is 1. The Balaban J connectivity index is 2.13. The Labute approximate surface area is 149 Å². The van der Waals surface area contributed by atoms with Gasteiger partial charge in [0.1, 0.15) is 0 Å². The molecule has 1 aliphatic rings. The van der Waals surface area contributed by atoms with Crippen LogP contribution in [0.1, 0.15) is 62.9 Å². The lowest BCUT2D eigenvalue weighted by molar-refractivity contribution is -0.162. The maximum absolute atomic E-state index is 12.7. The number of benzene rings is 1. The molecule has 1 aliphatic heterocycles. The van der Waals surface area contributed by atoms with Crippen LogP contribution in [0, 0.1) is 5.41 Å². The summed E-state index contributed by atoms with van der Waals surface area (Å²) < 4.78 is 0. The molecule has 2 atom stereocenters. The van der Waals surface area contributed by atoms with Gasteiger partial charge in [-0.25, -0.2) is 0 Å². The van der Waals surface area contributed by atoms with E-state index in [9.17, 15) is 19.8 Å². The van der Waals surface area contributed by atoms with Gasteiger partial charge in [0.15, 0.2) is 0 Å². The van der Waals surface area contributed by atoms with Crippen LogP contribution in [0.15, 0.2) is 24.3 Å². The van der Waals surface area contributed by atoms with Crippen LogP contribution in [0.25, 0.3) is 0 Å². The number of carbonyl (C=O) groups is 2. The number of hydrogen-bond acceptors (Lipinski definition) is 3. The molecular weight excluding hydrogens is 318 g/mol. The van der Waals surface area contributed by atoms with E-state index in [1.807, 2.05) is 19.1 Å². The van der Waals surface area contributed by atoms with Crippen LogP contribution in [0.4, 0.5) is 0 Å². The average molecular weight is 347 g/mol. The van der Waals surface area contributed by atoms with Crippen molar-refractivity contribution in [2.45, 2.75) is 58.5 Å². The Hall–Kier alpha value is -1.88. The maximum atomic E-state index is 12.7. The molecule has 1 heterocycles. The van der Waals surface area contributed by atoms with Crippen molar-refractivity contribution in [1.29, 1.82) is 0 Å². The minimum atomic E-state index is -1.14. The molecule has 1 fully saturated rings. The van der Waals surface area contributed by atoms with Crippen LogP contribution < -0.4 is 0 Å². The number of amides is 1. The third-order valence-electron chi connectivity index (χ3n) is 5.27. The molecule has 1 amide bonds. The normalized spacial score (nSPS) is 24.2. The van der Waals surface area contributed by atoms with E-state index in [0.29, 0.717) is 24.9 Å². The van der Waals surface area contributed by atoms with E-state index >= 15 is 0 Å². The number of carbonyl (C=O) groups excluding carboxylic acids is 1. The summed E-state index contributed by atoms with van der Waals surface area (Å²) in [5, 5.41) is 20.0. The molecule has 2 N–H and O–H groups in total. The van der Waals surface area contributed by atoms with Crippen LogP contribution in [0.3, 0.4) is 0 Å². The fourth-order valence-corrected chi connectivity index (χ4v) is 3.55. The number of aliphatic hydroxyl groups is 1. The third-order valence-corrected chi connectivity index (χ3v) is 5.27. The van der Waals surface area contributed by atoms with E-state index < -0.39 is 17.5 Å². The highest BCUT2D eigenvalue weighted by Crippen LogP contribution is 2.37. The van der Waals surface area contributed by atoms with Crippen molar-refractivity contribution in [3.8, 4) is 0 Å². The Morgan fingerprint density at radius 3 is 2.28 bits per heavy atom. The predicted molar refractivity (Wildman–Crippen MR) is 96.6 cm³/mol. The van der Waals surface area contributed by atoms with Crippen molar-refractivity contribution in [2.24, 2.45) is 5.41 Å². The molecule has 0 radical (unpaired) electrons. The minimum Gasteiger partial charge on any atom is -0.481 e. The molecule has 1 saturated heterocycles. The van der Waals surface area contributed by atoms with E-state index in [0.717, 1.165) is 5.56 Å². The van der Waals surface area contributed by atoms with E-state index in [4.69, 9.17) is 0 Å². The molecule has 5 nitrogen and oxygen atoms in total. The van der Waals surface area contributed by atoms with Crippen molar-refractivity contribution in [1.82, 2.24) is 4.90 Å². The van der Waals surface area contributed by atoms with E-state index in [1.165, 1.54) is 0 Å². The van der Waals surface area contributed by atoms with Gasteiger partial charge in [0, 0.05) is 18.7 Å². The number of β-amino-alcohol motifs (C(OH)–C–C–N with tert-alkyl or cyclic N) is 1. The predicted octanol–water partition coefficient (Wildman–Crippen LogP) is 3.06. The first-order valence-electron chi connectivity index (χ1n) is 8.93. The van der Waals surface area contributed by atoms with E-state index in [1.54, 1.807) is 17.0 Å². The summed E-state index contributed by atoms with van der Waals surface area (Å²) >= 11 is 0. The molecule has 1 aromatic rings. The number of aliphatic hydroxyl groups excluding tert-OH is 1. The summed E-state index contributed by atoms with van der Waals surface area (Å²) in [5.74, 6) is -1.13. The summed E-state index contributed by atoms with van der Waals surface area (Å²) in [6.07, 6.45) is 0.345. The Morgan fingerprint density at radius 1 is 1.24 bits per heavy atom. The molecule has 0 aliphatic carbocycles. The molecule has 0 aromatic heterocycles.